The zero-order valence-electron chi connectivity index (χ0n) is 21.1. The molecule has 4 aromatic rings. The van der Waals surface area contributed by atoms with Gasteiger partial charge in [-0.25, -0.2) is 0 Å². The zero-order chi connectivity index (χ0) is 26.8. The van der Waals surface area contributed by atoms with E-state index in [0.717, 1.165) is 22.1 Å². The van der Waals surface area contributed by atoms with Crippen molar-refractivity contribution in [1.82, 2.24) is 9.97 Å². The summed E-state index contributed by atoms with van der Waals surface area (Å²) in [5.41, 5.74) is 8.13. The molecule has 0 aliphatic carbocycles. The molecular formula is C27H34N4O6. The maximum atomic E-state index is 11.7. The van der Waals surface area contributed by atoms with E-state index in [-0.39, 0.29) is 25.1 Å². The highest BCUT2D eigenvalue weighted by Crippen LogP contribution is 2.30. The van der Waals surface area contributed by atoms with Crippen LogP contribution < -0.4 is 5.73 Å². The van der Waals surface area contributed by atoms with Gasteiger partial charge >= 0.3 is 11.9 Å². The molecule has 4 rings (SSSR count). The first-order chi connectivity index (χ1) is 16.8. The standard InChI is InChI=1S/C13H14N2O4.C13H16N2O2.CH4/c1-13(2,12(16)19-3)11-7-8-6-9(15(17)18)4-5-10(8)14-11;1-13(2,12(16)17-3)11-7-8-6-9(14)4-5-10(8)15-11;/h4-7,14H,1-3H3;4-7,15H,14H2,1-3H3;1H4. The smallest absolute Gasteiger partial charge is 0.317 e. The topological polar surface area (TPSA) is 153 Å². The van der Waals surface area contributed by atoms with Crippen molar-refractivity contribution in [3.05, 3.63) is 70.0 Å². The molecule has 2 aromatic heterocycles. The number of nitrogens with one attached hydrogen (secondary N) is 2. The van der Waals surface area contributed by atoms with Crippen LogP contribution in [0.3, 0.4) is 0 Å². The number of nitrogens with zero attached hydrogens (tertiary/aromatic N) is 1. The Morgan fingerprint density at radius 3 is 1.68 bits per heavy atom. The molecule has 0 aliphatic rings. The number of non-ortho nitro benzene ring substituents is 1. The molecule has 37 heavy (non-hydrogen) atoms. The number of rotatable bonds is 5. The van der Waals surface area contributed by atoms with Gasteiger partial charge in [0, 0.05) is 51.0 Å². The molecule has 10 heteroatoms. The predicted molar refractivity (Wildman–Crippen MR) is 144 cm³/mol. The van der Waals surface area contributed by atoms with Gasteiger partial charge in [-0.1, -0.05) is 7.43 Å². The number of nitro benzene ring substituents is 1. The summed E-state index contributed by atoms with van der Waals surface area (Å²) in [6, 6.07) is 13.8. The van der Waals surface area contributed by atoms with Crippen LogP contribution in [0.4, 0.5) is 11.4 Å². The van der Waals surface area contributed by atoms with E-state index in [1.54, 1.807) is 26.0 Å². The Hall–Kier alpha value is -4.34. The molecule has 4 N–H and O–H groups in total. The van der Waals surface area contributed by atoms with E-state index in [2.05, 4.69) is 9.97 Å². The summed E-state index contributed by atoms with van der Waals surface area (Å²) in [5, 5.41) is 12.4. The Labute approximate surface area is 215 Å². The summed E-state index contributed by atoms with van der Waals surface area (Å²) in [5.74, 6) is -0.634. The second-order valence-electron chi connectivity index (χ2n) is 9.47. The third-order valence-corrected chi connectivity index (χ3v) is 6.20. The Morgan fingerprint density at radius 1 is 0.811 bits per heavy atom. The fourth-order valence-electron chi connectivity index (χ4n) is 3.79. The van der Waals surface area contributed by atoms with Gasteiger partial charge in [-0.15, -0.1) is 0 Å². The number of aromatic amines is 2. The molecule has 0 amide bonds. The number of anilines is 1. The number of hydrogen-bond acceptors (Lipinski definition) is 7. The van der Waals surface area contributed by atoms with Crippen molar-refractivity contribution < 1.29 is 24.0 Å². The van der Waals surface area contributed by atoms with Crippen LogP contribution in [0.2, 0.25) is 0 Å². The minimum atomic E-state index is -0.831. The molecule has 0 unspecified atom stereocenters. The maximum absolute atomic E-state index is 11.7. The minimum Gasteiger partial charge on any atom is -0.468 e. The van der Waals surface area contributed by atoms with Gasteiger partial charge in [0.25, 0.3) is 5.69 Å². The first-order valence-electron chi connectivity index (χ1n) is 11.1. The fraction of sp³-hybridized carbons (Fsp3) is 0.333. The first-order valence-corrected chi connectivity index (χ1v) is 11.1. The third-order valence-electron chi connectivity index (χ3n) is 6.20. The number of nitrogen functional groups attached to an aromatic ring is 1. The summed E-state index contributed by atoms with van der Waals surface area (Å²) in [7, 11) is 2.72. The quantitative estimate of drug-likeness (QED) is 0.141. The van der Waals surface area contributed by atoms with Crippen LogP contribution >= 0.6 is 0 Å². The normalized spacial score (nSPS) is 11.3. The molecule has 0 radical (unpaired) electrons. The molecule has 2 aromatic carbocycles. The third kappa shape index (κ3) is 5.74. The highest BCUT2D eigenvalue weighted by Gasteiger charge is 2.33. The monoisotopic (exact) mass is 510 g/mol. The largest absolute Gasteiger partial charge is 0.468 e. The number of nitrogens with two attached hydrogens (primary N) is 1. The number of carbonyl (C=O) groups is 2. The molecule has 0 bridgehead atoms. The summed E-state index contributed by atoms with van der Waals surface area (Å²) in [6.07, 6.45) is 0. The highest BCUT2D eigenvalue weighted by molar-refractivity contribution is 5.89. The Bertz CT molecular complexity index is 1450. The van der Waals surface area contributed by atoms with Gasteiger partial charge in [0.15, 0.2) is 0 Å². The van der Waals surface area contributed by atoms with Gasteiger partial charge in [-0.2, -0.15) is 0 Å². The molecule has 0 saturated carbocycles. The molecule has 2 heterocycles. The first kappa shape index (κ1) is 28.9. The van der Waals surface area contributed by atoms with E-state index in [1.165, 1.54) is 26.4 Å². The van der Waals surface area contributed by atoms with Crippen LogP contribution in [0, 0.1) is 10.1 Å². The van der Waals surface area contributed by atoms with Crippen molar-refractivity contribution in [2.24, 2.45) is 0 Å². The number of methoxy groups -OCH3 is 2. The number of ether oxygens (including phenoxy) is 2. The summed E-state index contributed by atoms with van der Waals surface area (Å²) in [6.45, 7) is 7.12. The molecule has 0 fully saturated rings. The van der Waals surface area contributed by atoms with E-state index in [4.69, 9.17) is 15.2 Å². The number of nitro groups is 1. The summed E-state index contributed by atoms with van der Waals surface area (Å²) < 4.78 is 9.57. The molecule has 0 aliphatic heterocycles. The van der Waals surface area contributed by atoms with Crippen molar-refractivity contribution in [3.63, 3.8) is 0 Å². The minimum absolute atomic E-state index is 0. The Morgan fingerprint density at radius 2 is 1.24 bits per heavy atom. The van der Waals surface area contributed by atoms with E-state index in [9.17, 15) is 19.7 Å². The second kappa shape index (κ2) is 10.7. The molecule has 0 saturated heterocycles. The SMILES string of the molecule is C.COC(=O)C(C)(C)c1cc2cc(N)ccc2[nH]1.COC(=O)C(C)(C)c1cc2cc([N+](=O)[O-])ccc2[nH]1. The zero-order valence-corrected chi connectivity index (χ0v) is 21.1. The van der Waals surface area contributed by atoms with Crippen molar-refractivity contribution in [2.45, 2.75) is 46.0 Å². The fourth-order valence-corrected chi connectivity index (χ4v) is 3.79. The molecule has 10 nitrogen and oxygen atoms in total. The Kier molecular flexibility index (Phi) is 8.38. The number of aromatic nitrogens is 2. The number of benzene rings is 2. The molecule has 0 spiro atoms. The lowest BCUT2D eigenvalue weighted by Gasteiger charge is -2.19. The van der Waals surface area contributed by atoms with Crippen LogP contribution in [-0.2, 0) is 29.9 Å². The van der Waals surface area contributed by atoms with Gasteiger partial charge in [0.05, 0.1) is 19.1 Å². The molecule has 198 valence electrons. The van der Waals surface area contributed by atoms with Crippen LogP contribution in [0.5, 0.6) is 0 Å². The lowest BCUT2D eigenvalue weighted by atomic mass is 9.89. The van der Waals surface area contributed by atoms with E-state index < -0.39 is 15.8 Å². The number of esters is 2. The van der Waals surface area contributed by atoms with Crippen molar-refractivity contribution in [2.75, 3.05) is 20.0 Å². The number of hydrogen-bond donors (Lipinski definition) is 3. The number of carbonyl (C=O) groups excluding carboxylic acids is 2. The average Bonchev–Trinajstić information content (AvgIpc) is 3.47. The predicted octanol–water partition coefficient (Wildman–Crippen LogP) is 5.36. The van der Waals surface area contributed by atoms with Gasteiger partial charge in [0.1, 0.15) is 10.8 Å². The van der Waals surface area contributed by atoms with Crippen LogP contribution in [0.25, 0.3) is 21.8 Å². The second-order valence-corrected chi connectivity index (χ2v) is 9.47. The van der Waals surface area contributed by atoms with Crippen molar-refractivity contribution in [1.29, 1.82) is 0 Å². The average molecular weight is 511 g/mol. The maximum Gasteiger partial charge on any atom is 0.317 e. The van der Waals surface area contributed by atoms with E-state index in [1.807, 2.05) is 38.1 Å². The lowest BCUT2D eigenvalue weighted by Crippen LogP contribution is -2.30. The van der Waals surface area contributed by atoms with Gasteiger partial charge in [-0.05, 0) is 64.1 Å². The van der Waals surface area contributed by atoms with Gasteiger partial charge < -0.3 is 25.2 Å². The number of fused-ring (bicyclic) bond motifs is 2. The van der Waals surface area contributed by atoms with Gasteiger partial charge in [0.2, 0.25) is 0 Å². The lowest BCUT2D eigenvalue weighted by molar-refractivity contribution is -0.384. The number of H-pyrrole nitrogens is 2. The van der Waals surface area contributed by atoms with Crippen LogP contribution in [-0.4, -0.2) is 41.0 Å². The summed E-state index contributed by atoms with van der Waals surface area (Å²) >= 11 is 0. The van der Waals surface area contributed by atoms with Crippen molar-refractivity contribution >= 4 is 45.1 Å². The Balaban J connectivity index is 0.000000255. The molecule has 0 atom stereocenters. The molecular weight excluding hydrogens is 476 g/mol. The van der Waals surface area contributed by atoms with E-state index in [0.29, 0.717) is 16.8 Å². The van der Waals surface area contributed by atoms with Crippen LogP contribution in [0.1, 0.15) is 46.5 Å². The van der Waals surface area contributed by atoms with Crippen molar-refractivity contribution in [3.8, 4) is 0 Å². The summed E-state index contributed by atoms with van der Waals surface area (Å²) in [4.78, 5) is 40.0. The van der Waals surface area contributed by atoms with Gasteiger partial charge in [-0.3, -0.25) is 19.7 Å². The highest BCUT2D eigenvalue weighted by atomic mass is 16.6. The van der Waals surface area contributed by atoms with Crippen LogP contribution in [0.15, 0.2) is 48.5 Å². The van der Waals surface area contributed by atoms with E-state index >= 15 is 0 Å².